The maximum Gasteiger partial charge on any atom is 0.220 e. The van der Waals surface area contributed by atoms with Crippen LogP contribution in [0.4, 0.5) is 0 Å². The first-order chi connectivity index (χ1) is 7.97. The number of nitrogens with one attached hydrogen (secondary N) is 1. The summed E-state index contributed by atoms with van der Waals surface area (Å²) in [6.07, 6.45) is 6.98. The first-order valence-corrected chi connectivity index (χ1v) is 7.96. The minimum Gasteiger partial charge on any atom is -0.356 e. The average Bonchev–Trinajstić information content (AvgIpc) is 2.73. The molecule has 3 N–H and O–H groups in total. The molecule has 100 valence electrons. The predicted molar refractivity (Wildman–Crippen MR) is 66.8 cm³/mol. The van der Waals surface area contributed by atoms with Crippen LogP contribution in [0.15, 0.2) is 0 Å². The van der Waals surface area contributed by atoms with E-state index in [9.17, 15) is 13.2 Å². The molecule has 0 aromatic rings. The summed E-state index contributed by atoms with van der Waals surface area (Å²) in [6.45, 7) is 0.389. The second-order valence-electron chi connectivity index (χ2n) is 4.76. The van der Waals surface area contributed by atoms with Gasteiger partial charge in [-0.2, -0.15) is 0 Å². The molecule has 0 saturated heterocycles. The van der Waals surface area contributed by atoms with Crippen molar-refractivity contribution in [2.75, 3.05) is 12.3 Å². The summed E-state index contributed by atoms with van der Waals surface area (Å²) < 4.78 is 21.3. The Hall–Kier alpha value is -0.620. The number of sulfonamides is 1. The highest BCUT2D eigenvalue weighted by Gasteiger charge is 2.15. The van der Waals surface area contributed by atoms with E-state index in [0.717, 1.165) is 6.42 Å². The molecule has 1 saturated carbocycles. The van der Waals surface area contributed by atoms with Gasteiger partial charge in [-0.3, -0.25) is 4.79 Å². The molecule has 1 aliphatic carbocycles. The Labute approximate surface area is 103 Å². The zero-order valence-electron chi connectivity index (χ0n) is 10.2. The van der Waals surface area contributed by atoms with Gasteiger partial charge >= 0.3 is 0 Å². The van der Waals surface area contributed by atoms with Crippen LogP contribution < -0.4 is 10.5 Å². The number of carbonyl (C=O) groups is 1. The highest BCUT2D eigenvalue weighted by atomic mass is 32.2. The molecule has 1 fully saturated rings. The standard InChI is InChI=1S/C11H22N2O3S/c12-17(15,16)9-3-8-13-11(14)7-6-10-4-1-2-5-10/h10H,1-9H2,(H,13,14)(H2,12,15,16). The summed E-state index contributed by atoms with van der Waals surface area (Å²) in [5.41, 5.74) is 0. The van der Waals surface area contributed by atoms with Gasteiger partial charge in [0.05, 0.1) is 5.75 Å². The quantitative estimate of drug-likeness (QED) is 0.663. The van der Waals surface area contributed by atoms with Gasteiger partial charge in [-0.15, -0.1) is 0 Å². The van der Waals surface area contributed by atoms with Crippen molar-refractivity contribution in [1.82, 2.24) is 5.32 Å². The Balaban J connectivity index is 2.01. The van der Waals surface area contributed by atoms with E-state index < -0.39 is 10.0 Å². The van der Waals surface area contributed by atoms with E-state index in [1.54, 1.807) is 0 Å². The van der Waals surface area contributed by atoms with Gasteiger partial charge in [-0.1, -0.05) is 25.7 Å². The van der Waals surface area contributed by atoms with Crippen LogP contribution in [-0.4, -0.2) is 26.6 Å². The van der Waals surface area contributed by atoms with Crippen LogP contribution in [0, 0.1) is 5.92 Å². The summed E-state index contributed by atoms with van der Waals surface area (Å²) in [6, 6.07) is 0. The summed E-state index contributed by atoms with van der Waals surface area (Å²) in [7, 11) is -3.40. The molecule has 0 spiro atoms. The van der Waals surface area contributed by atoms with Crippen LogP contribution in [0.5, 0.6) is 0 Å². The molecule has 5 nitrogen and oxygen atoms in total. The number of hydrogen-bond donors (Lipinski definition) is 2. The SMILES string of the molecule is NS(=O)(=O)CCCNC(=O)CCC1CCCC1. The number of primary sulfonamides is 1. The lowest BCUT2D eigenvalue weighted by atomic mass is 10.0. The van der Waals surface area contributed by atoms with Crippen LogP contribution in [0.2, 0.25) is 0 Å². The molecule has 0 aliphatic heterocycles. The summed E-state index contributed by atoms with van der Waals surface area (Å²) in [5.74, 6) is 0.659. The van der Waals surface area contributed by atoms with E-state index in [1.165, 1.54) is 25.7 Å². The summed E-state index contributed by atoms with van der Waals surface area (Å²) in [4.78, 5) is 11.4. The molecule has 0 unspecified atom stereocenters. The van der Waals surface area contributed by atoms with Crippen LogP contribution in [0.25, 0.3) is 0 Å². The Morgan fingerprint density at radius 3 is 2.53 bits per heavy atom. The molecule has 0 aromatic carbocycles. The third kappa shape index (κ3) is 7.33. The molecule has 1 aliphatic rings. The Morgan fingerprint density at radius 2 is 1.94 bits per heavy atom. The van der Waals surface area contributed by atoms with Crippen molar-refractivity contribution in [3.8, 4) is 0 Å². The highest BCUT2D eigenvalue weighted by Crippen LogP contribution is 2.28. The molecule has 0 bridgehead atoms. The molecular weight excluding hydrogens is 240 g/mol. The first kappa shape index (κ1) is 14.4. The van der Waals surface area contributed by atoms with Gasteiger partial charge in [0.15, 0.2) is 0 Å². The van der Waals surface area contributed by atoms with Gasteiger partial charge in [-0.05, 0) is 18.8 Å². The van der Waals surface area contributed by atoms with Gasteiger partial charge in [0, 0.05) is 13.0 Å². The van der Waals surface area contributed by atoms with Crippen LogP contribution in [0.3, 0.4) is 0 Å². The lowest BCUT2D eigenvalue weighted by molar-refractivity contribution is -0.121. The molecule has 17 heavy (non-hydrogen) atoms. The number of hydrogen-bond acceptors (Lipinski definition) is 3. The number of amides is 1. The van der Waals surface area contributed by atoms with E-state index >= 15 is 0 Å². The van der Waals surface area contributed by atoms with Gasteiger partial charge in [0.1, 0.15) is 0 Å². The van der Waals surface area contributed by atoms with Crippen molar-refractivity contribution in [2.24, 2.45) is 11.1 Å². The maximum absolute atomic E-state index is 11.4. The average molecular weight is 262 g/mol. The van der Waals surface area contributed by atoms with Gasteiger partial charge in [0.2, 0.25) is 15.9 Å². The van der Waals surface area contributed by atoms with E-state index in [2.05, 4.69) is 5.32 Å². The number of nitrogens with two attached hydrogens (primary N) is 1. The van der Waals surface area contributed by atoms with Crippen molar-refractivity contribution in [3.05, 3.63) is 0 Å². The van der Waals surface area contributed by atoms with E-state index in [1.807, 2.05) is 0 Å². The highest BCUT2D eigenvalue weighted by molar-refractivity contribution is 7.89. The van der Waals surface area contributed by atoms with Crippen molar-refractivity contribution >= 4 is 15.9 Å². The fraction of sp³-hybridized carbons (Fsp3) is 0.909. The fourth-order valence-electron chi connectivity index (χ4n) is 2.22. The lowest BCUT2D eigenvalue weighted by Gasteiger charge is -2.08. The van der Waals surface area contributed by atoms with Gasteiger partial charge in [-0.25, -0.2) is 13.6 Å². The van der Waals surface area contributed by atoms with Crippen LogP contribution in [-0.2, 0) is 14.8 Å². The summed E-state index contributed by atoms with van der Waals surface area (Å²) >= 11 is 0. The third-order valence-electron chi connectivity index (χ3n) is 3.18. The molecule has 0 aromatic heterocycles. The largest absolute Gasteiger partial charge is 0.356 e. The monoisotopic (exact) mass is 262 g/mol. The zero-order chi connectivity index (χ0) is 12.7. The second kappa shape index (κ2) is 6.96. The maximum atomic E-state index is 11.4. The summed E-state index contributed by atoms with van der Waals surface area (Å²) in [5, 5.41) is 7.57. The van der Waals surface area contributed by atoms with Crippen molar-refractivity contribution < 1.29 is 13.2 Å². The van der Waals surface area contributed by atoms with Crippen LogP contribution in [0.1, 0.15) is 44.9 Å². The third-order valence-corrected chi connectivity index (χ3v) is 4.04. The van der Waals surface area contributed by atoms with Gasteiger partial charge in [0.25, 0.3) is 0 Å². The molecule has 1 rings (SSSR count). The Kier molecular flexibility index (Phi) is 5.91. The molecule has 6 heteroatoms. The number of carbonyl (C=O) groups excluding carboxylic acids is 1. The lowest BCUT2D eigenvalue weighted by Crippen LogP contribution is -2.27. The zero-order valence-corrected chi connectivity index (χ0v) is 11.0. The smallest absolute Gasteiger partial charge is 0.220 e. The van der Waals surface area contributed by atoms with E-state index in [0.29, 0.717) is 25.3 Å². The van der Waals surface area contributed by atoms with Gasteiger partial charge < -0.3 is 5.32 Å². The Morgan fingerprint density at radius 1 is 1.29 bits per heavy atom. The van der Waals surface area contributed by atoms with Crippen molar-refractivity contribution in [1.29, 1.82) is 0 Å². The molecule has 0 radical (unpaired) electrons. The minimum atomic E-state index is -3.40. The predicted octanol–water partition coefficient (Wildman–Crippen LogP) is 0.752. The molecular formula is C11H22N2O3S. The fourth-order valence-corrected chi connectivity index (χ4v) is 2.77. The van der Waals surface area contributed by atoms with Crippen molar-refractivity contribution in [2.45, 2.75) is 44.9 Å². The minimum absolute atomic E-state index is 0.0197. The van der Waals surface area contributed by atoms with Crippen molar-refractivity contribution in [3.63, 3.8) is 0 Å². The molecule has 0 atom stereocenters. The number of rotatable bonds is 7. The second-order valence-corrected chi connectivity index (χ2v) is 6.49. The Bertz CT molecular complexity index is 335. The van der Waals surface area contributed by atoms with E-state index in [4.69, 9.17) is 5.14 Å². The molecule has 0 heterocycles. The molecule has 1 amide bonds. The normalized spacial score (nSPS) is 17.2. The first-order valence-electron chi connectivity index (χ1n) is 6.24. The van der Waals surface area contributed by atoms with E-state index in [-0.39, 0.29) is 11.7 Å². The van der Waals surface area contributed by atoms with Crippen LogP contribution >= 0.6 is 0 Å². The topological polar surface area (TPSA) is 89.3 Å².